The Morgan fingerprint density at radius 2 is 2.03 bits per heavy atom. The van der Waals surface area contributed by atoms with Crippen LogP contribution in [0.15, 0.2) is 18.3 Å². The Morgan fingerprint density at radius 3 is 2.91 bits per heavy atom. The molecule has 2 aliphatic heterocycles. The van der Waals surface area contributed by atoms with E-state index >= 15 is 0 Å². The lowest BCUT2D eigenvalue weighted by atomic mass is 10.1. The third-order valence-electron chi connectivity index (χ3n) is 5.51. The van der Waals surface area contributed by atoms with Crippen LogP contribution in [-0.2, 0) is 6.42 Å². The van der Waals surface area contributed by atoms with Crippen LogP contribution in [0.25, 0.3) is 21.1 Å². The van der Waals surface area contributed by atoms with Gasteiger partial charge in [-0.3, -0.25) is 9.59 Å². The van der Waals surface area contributed by atoms with E-state index in [1.165, 1.54) is 17.5 Å². The van der Waals surface area contributed by atoms with Crippen molar-refractivity contribution in [3.05, 3.63) is 39.7 Å². The fourth-order valence-corrected chi connectivity index (χ4v) is 5.31. The standard InChI is InChI=1S/C21H16ClN7O3S/c1-8-6-24-16-14-11(33-17(16)19(31)26-8)3-2-10-15(14)25-7-12(27-10)32-20-13-9(28-21(22)29-20)4-5-23-18(13)30/h2-3,7-8,24H,4-6H2,1H3,(H,23,30)(H,26,31). The summed E-state index contributed by atoms with van der Waals surface area (Å²) in [5.41, 5.74) is 2.77. The molecule has 0 fully saturated rings. The highest BCUT2D eigenvalue weighted by molar-refractivity contribution is 7.21. The molecule has 2 aliphatic rings. The Balaban J connectivity index is 1.45. The number of thiophene rings is 1. The van der Waals surface area contributed by atoms with Gasteiger partial charge in [0.15, 0.2) is 0 Å². The topological polar surface area (TPSA) is 131 Å². The second-order valence-electron chi connectivity index (χ2n) is 7.80. The number of halogens is 1. The predicted octanol–water partition coefficient (Wildman–Crippen LogP) is 2.91. The van der Waals surface area contributed by atoms with Crippen molar-refractivity contribution in [1.29, 1.82) is 0 Å². The lowest BCUT2D eigenvalue weighted by Gasteiger charge is -2.17. The molecule has 0 saturated heterocycles. The minimum Gasteiger partial charge on any atom is -0.418 e. The first-order valence-corrected chi connectivity index (χ1v) is 11.5. The highest BCUT2D eigenvalue weighted by atomic mass is 35.5. The molecule has 3 aromatic heterocycles. The van der Waals surface area contributed by atoms with Gasteiger partial charge in [-0.05, 0) is 30.7 Å². The summed E-state index contributed by atoms with van der Waals surface area (Å²) < 4.78 is 6.78. The zero-order valence-corrected chi connectivity index (χ0v) is 18.8. The molecule has 33 heavy (non-hydrogen) atoms. The highest BCUT2D eigenvalue weighted by Gasteiger charge is 2.27. The monoisotopic (exact) mass is 481 g/mol. The van der Waals surface area contributed by atoms with Gasteiger partial charge in [0, 0.05) is 35.6 Å². The molecule has 5 heterocycles. The van der Waals surface area contributed by atoms with Crippen LogP contribution in [0.4, 0.5) is 5.69 Å². The number of benzene rings is 1. The van der Waals surface area contributed by atoms with Gasteiger partial charge in [-0.2, -0.15) is 4.98 Å². The van der Waals surface area contributed by atoms with Crippen LogP contribution in [0.3, 0.4) is 0 Å². The minimum atomic E-state index is -0.321. The van der Waals surface area contributed by atoms with E-state index in [4.69, 9.17) is 16.3 Å². The molecular weight excluding hydrogens is 466 g/mol. The molecule has 0 saturated carbocycles. The fourth-order valence-electron chi connectivity index (χ4n) is 4.04. The average molecular weight is 482 g/mol. The van der Waals surface area contributed by atoms with Crippen molar-refractivity contribution in [2.75, 3.05) is 18.4 Å². The van der Waals surface area contributed by atoms with Crippen LogP contribution >= 0.6 is 22.9 Å². The maximum atomic E-state index is 12.6. The number of nitrogens with one attached hydrogen (secondary N) is 3. The fraction of sp³-hybridized carbons (Fsp3) is 0.238. The normalized spacial score (nSPS) is 17.6. The number of hydrogen-bond acceptors (Lipinski definition) is 9. The van der Waals surface area contributed by atoms with Crippen LogP contribution in [0.5, 0.6) is 11.8 Å². The Labute approximate surface area is 195 Å². The zero-order chi connectivity index (χ0) is 22.7. The number of aromatic nitrogens is 4. The van der Waals surface area contributed by atoms with Gasteiger partial charge in [-0.1, -0.05) is 0 Å². The molecule has 4 aromatic rings. The van der Waals surface area contributed by atoms with E-state index in [9.17, 15) is 9.59 Å². The van der Waals surface area contributed by atoms with Crippen molar-refractivity contribution in [1.82, 2.24) is 30.6 Å². The molecular formula is C21H16ClN7O3S. The molecule has 1 aromatic carbocycles. The van der Waals surface area contributed by atoms with Crippen molar-refractivity contribution in [3.8, 4) is 11.8 Å². The van der Waals surface area contributed by atoms with E-state index in [0.717, 1.165) is 15.8 Å². The number of nitrogens with zero attached hydrogens (tertiary/aromatic N) is 4. The molecule has 2 amide bonds. The molecule has 1 unspecified atom stereocenters. The Morgan fingerprint density at radius 1 is 1.15 bits per heavy atom. The molecule has 0 spiro atoms. The number of carbonyl (C=O) groups is 2. The van der Waals surface area contributed by atoms with Crippen molar-refractivity contribution in [2.24, 2.45) is 0 Å². The molecule has 12 heteroatoms. The summed E-state index contributed by atoms with van der Waals surface area (Å²) >= 11 is 7.45. The van der Waals surface area contributed by atoms with Crippen LogP contribution < -0.4 is 20.7 Å². The van der Waals surface area contributed by atoms with Crippen molar-refractivity contribution in [3.63, 3.8) is 0 Å². The van der Waals surface area contributed by atoms with Crippen LogP contribution in [0, 0.1) is 0 Å². The van der Waals surface area contributed by atoms with Gasteiger partial charge in [0.1, 0.15) is 10.4 Å². The molecule has 1 atom stereocenters. The third kappa shape index (κ3) is 3.31. The minimum absolute atomic E-state index is 0.00606. The first kappa shape index (κ1) is 20.1. The predicted molar refractivity (Wildman–Crippen MR) is 123 cm³/mol. The molecule has 3 N–H and O–H groups in total. The summed E-state index contributed by atoms with van der Waals surface area (Å²) in [5, 5.41) is 9.94. The number of carbonyl (C=O) groups excluding carboxylic acids is 2. The number of ether oxygens (including phenoxy) is 1. The summed E-state index contributed by atoms with van der Waals surface area (Å²) in [5.74, 6) is -0.224. The van der Waals surface area contributed by atoms with Gasteiger partial charge in [0.2, 0.25) is 17.0 Å². The van der Waals surface area contributed by atoms with Crippen molar-refractivity contribution >= 4 is 61.6 Å². The van der Waals surface area contributed by atoms with Gasteiger partial charge in [0.25, 0.3) is 11.8 Å². The molecule has 166 valence electrons. The van der Waals surface area contributed by atoms with Crippen LogP contribution in [-0.4, -0.2) is 50.9 Å². The van der Waals surface area contributed by atoms with E-state index in [2.05, 4.69) is 35.9 Å². The molecule has 0 bridgehead atoms. The SMILES string of the molecule is CC1CNc2c(sc3ccc4nc(Oc5nc(Cl)nc6c5C(=O)NCC6)cnc4c23)C(=O)N1. The number of hydrogen-bond donors (Lipinski definition) is 3. The van der Waals surface area contributed by atoms with Gasteiger partial charge in [0.05, 0.1) is 28.6 Å². The average Bonchev–Trinajstić information content (AvgIpc) is 3.10. The smallest absolute Gasteiger partial charge is 0.263 e. The van der Waals surface area contributed by atoms with Gasteiger partial charge >= 0.3 is 0 Å². The molecule has 0 aliphatic carbocycles. The lowest BCUT2D eigenvalue weighted by Crippen LogP contribution is -2.34. The highest BCUT2D eigenvalue weighted by Crippen LogP contribution is 2.40. The van der Waals surface area contributed by atoms with Crippen LogP contribution in [0.1, 0.15) is 32.6 Å². The Hall–Kier alpha value is -3.57. The maximum absolute atomic E-state index is 12.6. The van der Waals surface area contributed by atoms with E-state index in [0.29, 0.717) is 41.1 Å². The summed E-state index contributed by atoms with van der Waals surface area (Å²) in [6, 6.07) is 3.74. The van der Waals surface area contributed by atoms with Gasteiger partial charge in [-0.25, -0.2) is 15.0 Å². The molecule has 10 nitrogen and oxygen atoms in total. The van der Waals surface area contributed by atoms with Gasteiger partial charge < -0.3 is 20.7 Å². The van der Waals surface area contributed by atoms with Gasteiger partial charge in [-0.15, -0.1) is 11.3 Å². The first-order valence-electron chi connectivity index (χ1n) is 10.3. The van der Waals surface area contributed by atoms with Crippen molar-refractivity contribution in [2.45, 2.75) is 19.4 Å². The Bertz CT molecular complexity index is 1490. The Kier molecular flexibility index (Phi) is 4.56. The van der Waals surface area contributed by atoms with E-state index in [1.807, 2.05) is 19.1 Å². The van der Waals surface area contributed by atoms with E-state index in [-0.39, 0.29) is 40.5 Å². The summed E-state index contributed by atoms with van der Waals surface area (Å²) in [6.45, 7) is 3.03. The summed E-state index contributed by atoms with van der Waals surface area (Å²) in [6.07, 6.45) is 2.00. The number of amides is 2. The summed E-state index contributed by atoms with van der Waals surface area (Å²) in [4.78, 5) is 43.0. The van der Waals surface area contributed by atoms with E-state index in [1.54, 1.807) is 0 Å². The number of anilines is 1. The lowest BCUT2D eigenvalue weighted by molar-refractivity contribution is 0.0935. The maximum Gasteiger partial charge on any atom is 0.263 e. The zero-order valence-electron chi connectivity index (χ0n) is 17.2. The van der Waals surface area contributed by atoms with Crippen LogP contribution in [0.2, 0.25) is 5.28 Å². The quantitative estimate of drug-likeness (QED) is 0.372. The third-order valence-corrected chi connectivity index (χ3v) is 6.83. The second kappa shape index (κ2) is 7.49. The molecule has 0 radical (unpaired) electrons. The second-order valence-corrected chi connectivity index (χ2v) is 9.19. The number of fused-ring (bicyclic) bond motifs is 6. The summed E-state index contributed by atoms with van der Waals surface area (Å²) in [7, 11) is 0. The van der Waals surface area contributed by atoms with E-state index < -0.39 is 0 Å². The largest absolute Gasteiger partial charge is 0.418 e. The molecule has 6 rings (SSSR count). The van der Waals surface area contributed by atoms with Crippen molar-refractivity contribution < 1.29 is 14.3 Å². The first-order chi connectivity index (χ1) is 16.0. The number of rotatable bonds is 2.